The third-order valence-electron chi connectivity index (χ3n) is 3.17. The van der Waals surface area contributed by atoms with Gasteiger partial charge in [-0.15, -0.1) is 0 Å². The van der Waals surface area contributed by atoms with Gasteiger partial charge >= 0.3 is 11.9 Å². The van der Waals surface area contributed by atoms with E-state index >= 15 is 0 Å². The molecule has 0 aliphatic rings. The van der Waals surface area contributed by atoms with Gasteiger partial charge < -0.3 is 23.7 Å². The van der Waals surface area contributed by atoms with Crippen molar-refractivity contribution in [2.45, 2.75) is 6.92 Å². The molecule has 0 spiro atoms. The van der Waals surface area contributed by atoms with Gasteiger partial charge in [-0.1, -0.05) is 18.7 Å². The molecule has 0 aliphatic heterocycles. The molecule has 27 heavy (non-hydrogen) atoms. The summed E-state index contributed by atoms with van der Waals surface area (Å²) in [5.74, 6) is -0.103. The number of carbonyl (C=O) groups excluding carboxylic acids is 2. The molecule has 0 saturated carbocycles. The SMILES string of the molecule is C=C(C)C(=O)OCCOCCOCCOc1ccc(/C=C/C(=O)OC)cc1. The van der Waals surface area contributed by atoms with E-state index in [0.29, 0.717) is 44.4 Å². The Kier molecular flexibility index (Phi) is 11.2. The van der Waals surface area contributed by atoms with Crippen molar-refractivity contribution in [1.82, 2.24) is 0 Å². The molecule has 148 valence electrons. The van der Waals surface area contributed by atoms with E-state index in [1.807, 2.05) is 24.3 Å². The predicted molar refractivity (Wildman–Crippen MR) is 100 cm³/mol. The van der Waals surface area contributed by atoms with Crippen LogP contribution in [0.5, 0.6) is 5.75 Å². The fourth-order valence-corrected chi connectivity index (χ4v) is 1.76. The number of rotatable bonds is 13. The molecule has 0 atom stereocenters. The zero-order chi connectivity index (χ0) is 19.9. The average molecular weight is 378 g/mol. The van der Waals surface area contributed by atoms with Crippen molar-refractivity contribution in [2.24, 2.45) is 0 Å². The highest BCUT2D eigenvalue weighted by atomic mass is 16.6. The van der Waals surface area contributed by atoms with E-state index in [4.69, 9.17) is 18.9 Å². The Morgan fingerprint density at radius 1 is 0.963 bits per heavy atom. The van der Waals surface area contributed by atoms with Crippen LogP contribution in [-0.2, 0) is 28.5 Å². The van der Waals surface area contributed by atoms with Crippen molar-refractivity contribution < 1.29 is 33.3 Å². The number of hydrogen-bond acceptors (Lipinski definition) is 7. The largest absolute Gasteiger partial charge is 0.491 e. The Morgan fingerprint density at radius 2 is 1.56 bits per heavy atom. The van der Waals surface area contributed by atoms with Crippen molar-refractivity contribution in [3.8, 4) is 5.75 Å². The van der Waals surface area contributed by atoms with Crippen LogP contribution in [0.25, 0.3) is 6.08 Å². The maximum atomic E-state index is 11.1. The number of hydrogen-bond donors (Lipinski definition) is 0. The minimum absolute atomic E-state index is 0.194. The Morgan fingerprint density at radius 3 is 2.15 bits per heavy atom. The van der Waals surface area contributed by atoms with Crippen LogP contribution in [0.15, 0.2) is 42.5 Å². The minimum atomic E-state index is -0.417. The number of benzene rings is 1. The summed E-state index contributed by atoms with van der Waals surface area (Å²) in [6, 6.07) is 7.30. The van der Waals surface area contributed by atoms with Crippen molar-refractivity contribution >= 4 is 18.0 Å². The molecule has 0 amide bonds. The molecule has 0 aliphatic carbocycles. The van der Waals surface area contributed by atoms with Gasteiger partial charge in [-0.25, -0.2) is 9.59 Å². The van der Waals surface area contributed by atoms with Crippen molar-refractivity contribution in [3.63, 3.8) is 0 Å². The number of esters is 2. The van der Waals surface area contributed by atoms with Crippen LogP contribution < -0.4 is 4.74 Å². The van der Waals surface area contributed by atoms with E-state index < -0.39 is 11.9 Å². The van der Waals surface area contributed by atoms with Gasteiger partial charge in [-0.2, -0.15) is 0 Å². The lowest BCUT2D eigenvalue weighted by Crippen LogP contribution is -2.14. The summed E-state index contributed by atoms with van der Waals surface area (Å²) < 4.78 is 25.6. The number of carbonyl (C=O) groups is 2. The van der Waals surface area contributed by atoms with Gasteiger partial charge in [0.25, 0.3) is 0 Å². The smallest absolute Gasteiger partial charge is 0.333 e. The number of methoxy groups -OCH3 is 1. The lowest BCUT2D eigenvalue weighted by molar-refractivity contribution is -0.140. The molecular formula is C20H26O7. The van der Waals surface area contributed by atoms with Crippen LogP contribution in [0.2, 0.25) is 0 Å². The topological polar surface area (TPSA) is 80.3 Å². The van der Waals surface area contributed by atoms with Crippen LogP contribution in [0, 0.1) is 0 Å². The molecular weight excluding hydrogens is 352 g/mol. The van der Waals surface area contributed by atoms with E-state index in [0.717, 1.165) is 5.56 Å². The van der Waals surface area contributed by atoms with E-state index in [1.165, 1.54) is 13.2 Å². The maximum Gasteiger partial charge on any atom is 0.333 e. The molecule has 0 N–H and O–H groups in total. The standard InChI is InChI=1S/C20H26O7/c1-16(2)20(22)27-15-13-25-11-10-24-12-14-26-18-7-4-17(5-8-18)6-9-19(21)23-3/h4-9H,1,10-15H2,2-3H3/b9-6+. The van der Waals surface area contributed by atoms with Gasteiger partial charge in [0.15, 0.2) is 0 Å². The fourth-order valence-electron chi connectivity index (χ4n) is 1.76. The average Bonchev–Trinajstić information content (AvgIpc) is 2.68. The van der Waals surface area contributed by atoms with E-state index in [9.17, 15) is 9.59 Å². The first-order valence-electron chi connectivity index (χ1n) is 8.50. The van der Waals surface area contributed by atoms with Crippen LogP contribution >= 0.6 is 0 Å². The van der Waals surface area contributed by atoms with Gasteiger partial charge in [-0.05, 0) is 30.7 Å². The zero-order valence-electron chi connectivity index (χ0n) is 15.8. The molecule has 0 aromatic heterocycles. The molecule has 0 saturated heterocycles. The highest BCUT2D eigenvalue weighted by Crippen LogP contribution is 2.13. The molecule has 0 bridgehead atoms. The van der Waals surface area contributed by atoms with E-state index in [2.05, 4.69) is 11.3 Å². The first kappa shape index (κ1) is 22.4. The lowest BCUT2D eigenvalue weighted by atomic mass is 10.2. The second-order valence-corrected chi connectivity index (χ2v) is 5.41. The van der Waals surface area contributed by atoms with Gasteiger partial charge in [-0.3, -0.25) is 0 Å². The second-order valence-electron chi connectivity index (χ2n) is 5.41. The van der Waals surface area contributed by atoms with Crippen molar-refractivity contribution in [2.75, 3.05) is 46.8 Å². The highest BCUT2D eigenvalue weighted by Gasteiger charge is 2.01. The Balaban J connectivity index is 2.03. The molecule has 1 rings (SSSR count). The number of ether oxygens (including phenoxy) is 5. The third kappa shape index (κ3) is 10.8. The van der Waals surface area contributed by atoms with E-state index in [-0.39, 0.29) is 6.61 Å². The van der Waals surface area contributed by atoms with Gasteiger partial charge in [0.1, 0.15) is 19.0 Å². The first-order chi connectivity index (χ1) is 13.0. The van der Waals surface area contributed by atoms with Gasteiger partial charge in [0.2, 0.25) is 0 Å². The fraction of sp³-hybridized carbons (Fsp3) is 0.400. The Labute approximate surface area is 159 Å². The predicted octanol–water partition coefficient (Wildman–Crippen LogP) is 2.40. The minimum Gasteiger partial charge on any atom is -0.491 e. The Hall–Kier alpha value is -2.64. The molecule has 0 fully saturated rings. The molecule has 0 heterocycles. The van der Waals surface area contributed by atoms with Gasteiger partial charge in [0, 0.05) is 11.6 Å². The summed E-state index contributed by atoms with van der Waals surface area (Å²) in [4.78, 5) is 22.1. The molecule has 1 aromatic carbocycles. The molecule has 0 unspecified atom stereocenters. The summed E-state index contributed by atoms with van der Waals surface area (Å²) in [5.41, 5.74) is 1.24. The lowest BCUT2D eigenvalue weighted by Gasteiger charge is -2.08. The molecule has 7 heteroatoms. The summed E-state index contributed by atoms with van der Waals surface area (Å²) in [6.45, 7) is 7.26. The third-order valence-corrected chi connectivity index (χ3v) is 3.17. The normalized spacial score (nSPS) is 10.6. The molecule has 0 radical (unpaired) electrons. The molecule has 1 aromatic rings. The summed E-state index contributed by atoms with van der Waals surface area (Å²) in [6.07, 6.45) is 3.02. The molecule has 7 nitrogen and oxygen atoms in total. The highest BCUT2D eigenvalue weighted by molar-refractivity contribution is 5.87. The zero-order valence-corrected chi connectivity index (χ0v) is 15.8. The second kappa shape index (κ2) is 13.5. The first-order valence-corrected chi connectivity index (χ1v) is 8.50. The van der Waals surface area contributed by atoms with Crippen molar-refractivity contribution in [1.29, 1.82) is 0 Å². The summed E-state index contributed by atoms with van der Waals surface area (Å²) >= 11 is 0. The maximum absolute atomic E-state index is 11.1. The summed E-state index contributed by atoms with van der Waals surface area (Å²) in [5, 5.41) is 0. The Bertz CT molecular complexity index is 620. The van der Waals surface area contributed by atoms with Crippen LogP contribution in [0.1, 0.15) is 12.5 Å². The van der Waals surface area contributed by atoms with E-state index in [1.54, 1.807) is 13.0 Å². The van der Waals surface area contributed by atoms with Crippen LogP contribution in [-0.4, -0.2) is 58.7 Å². The van der Waals surface area contributed by atoms with Crippen LogP contribution in [0.4, 0.5) is 0 Å². The van der Waals surface area contributed by atoms with Crippen molar-refractivity contribution in [3.05, 3.63) is 48.1 Å². The quantitative estimate of drug-likeness (QED) is 0.296. The van der Waals surface area contributed by atoms with Crippen LogP contribution in [0.3, 0.4) is 0 Å². The monoisotopic (exact) mass is 378 g/mol. The van der Waals surface area contributed by atoms with Gasteiger partial charge in [0.05, 0.1) is 33.5 Å². The summed E-state index contributed by atoms with van der Waals surface area (Å²) in [7, 11) is 1.33.